The van der Waals surface area contributed by atoms with Crippen LogP contribution >= 0.6 is 0 Å². The van der Waals surface area contributed by atoms with Crippen LogP contribution in [0.15, 0.2) is 24.8 Å². The van der Waals surface area contributed by atoms with Crippen LogP contribution in [0.5, 0.6) is 0 Å². The van der Waals surface area contributed by atoms with Crippen molar-refractivity contribution in [3.8, 4) is 0 Å². The predicted molar refractivity (Wildman–Crippen MR) is 71.5 cm³/mol. The van der Waals surface area contributed by atoms with Gasteiger partial charge >= 0.3 is 0 Å². The van der Waals surface area contributed by atoms with E-state index in [2.05, 4.69) is 25.7 Å². The molecule has 0 radical (unpaired) electrons. The highest BCUT2D eigenvalue weighted by atomic mass is 16.1. The fraction of sp³-hybridized carbons (Fsp3) is 0.667. The molecular weight excluding hydrogens is 196 g/mol. The minimum absolute atomic E-state index is 0.659. The summed E-state index contributed by atoms with van der Waals surface area (Å²) in [6.45, 7) is 5.97. The Morgan fingerprint density at radius 3 is 2.56 bits per heavy atom. The third-order valence-electron chi connectivity index (χ3n) is 2.75. The van der Waals surface area contributed by atoms with E-state index >= 15 is 0 Å². The molecule has 0 saturated carbocycles. The summed E-state index contributed by atoms with van der Waals surface area (Å²) in [7, 11) is 0. The molecule has 0 aliphatic rings. The number of aldehydes is 1. The van der Waals surface area contributed by atoms with Gasteiger partial charge in [0.25, 0.3) is 0 Å². The molecule has 0 N–H and O–H groups in total. The summed E-state index contributed by atoms with van der Waals surface area (Å²) in [6, 6.07) is 0. The molecule has 0 rings (SSSR count). The Hall–Kier alpha value is -0.850. The molecule has 0 bridgehead atoms. The van der Waals surface area contributed by atoms with Crippen LogP contribution in [0, 0.1) is 5.92 Å². The second kappa shape index (κ2) is 12.2. The molecule has 0 aromatic heterocycles. The molecule has 16 heavy (non-hydrogen) atoms. The van der Waals surface area contributed by atoms with Crippen molar-refractivity contribution in [1.82, 2.24) is 0 Å². The average molecular weight is 222 g/mol. The second-order valence-electron chi connectivity index (χ2n) is 4.29. The van der Waals surface area contributed by atoms with Crippen molar-refractivity contribution in [2.45, 2.75) is 58.3 Å². The predicted octanol–water partition coefficient (Wildman–Crippen LogP) is 4.68. The summed E-state index contributed by atoms with van der Waals surface area (Å²) in [4.78, 5) is 10.2. The van der Waals surface area contributed by atoms with Gasteiger partial charge in [0.2, 0.25) is 0 Å². The molecule has 0 aromatic rings. The summed E-state index contributed by atoms with van der Waals surface area (Å²) in [5, 5.41) is 0. The molecule has 0 aliphatic carbocycles. The lowest BCUT2D eigenvalue weighted by Gasteiger charge is -2.10. The Balaban J connectivity index is 3.72. The number of carbonyl (C=O) groups is 1. The number of unbranched alkanes of at least 4 members (excludes halogenated alkanes) is 3. The van der Waals surface area contributed by atoms with Gasteiger partial charge in [-0.15, -0.1) is 6.58 Å². The summed E-state index contributed by atoms with van der Waals surface area (Å²) in [5.74, 6) is 0.710. The molecule has 92 valence electrons. The van der Waals surface area contributed by atoms with E-state index in [1.165, 1.54) is 32.1 Å². The number of allylic oxidation sites excluding steroid dienone is 3. The van der Waals surface area contributed by atoms with Gasteiger partial charge in [0, 0.05) is 6.42 Å². The van der Waals surface area contributed by atoms with Crippen molar-refractivity contribution >= 4 is 6.29 Å². The van der Waals surface area contributed by atoms with E-state index in [4.69, 9.17) is 0 Å². The van der Waals surface area contributed by atoms with Crippen molar-refractivity contribution in [2.24, 2.45) is 5.92 Å². The quantitative estimate of drug-likeness (QED) is 0.282. The number of carbonyl (C=O) groups excluding carboxylic acids is 1. The molecule has 0 spiro atoms. The Bertz CT molecular complexity index is 194. The number of hydrogen-bond donors (Lipinski definition) is 0. The largest absolute Gasteiger partial charge is 0.303 e. The van der Waals surface area contributed by atoms with Gasteiger partial charge in [0.05, 0.1) is 0 Å². The Morgan fingerprint density at radius 1 is 1.12 bits per heavy atom. The van der Waals surface area contributed by atoms with Crippen LogP contribution in [0.2, 0.25) is 0 Å². The summed E-state index contributed by atoms with van der Waals surface area (Å²) in [5.41, 5.74) is 0. The minimum Gasteiger partial charge on any atom is -0.303 e. The first kappa shape index (κ1) is 15.2. The van der Waals surface area contributed by atoms with Gasteiger partial charge in [-0.1, -0.05) is 38.0 Å². The first-order chi connectivity index (χ1) is 7.85. The van der Waals surface area contributed by atoms with E-state index in [0.29, 0.717) is 12.3 Å². The van der Waals surface area contributed by atoms with Crippen LogP contribution in [0.3, 0.4) is 0 Å². The van der Waals surface area contributed by atoms with Crippen LogP contribution in [-0.4, -0.2) is 6.29 Å². The highest BCUT2D eigenvalue weighted by Crippen LogP contribution is 2.17. The van der Waals surface area contributed by atoms with Gasteiger partial charge in [-0.25, -0.2) is 0 Å². The zero-order valence-electron chi connectivity index (χ0n) is 10.7. The summed E-state index contributed by atoms with van der Waals surface area (Å²) in [6.07, 6.45) is 16.5. The average Bonchev–Trinajstić information content (AvgIpc) is 2.30. The van der Waals surface area contributed by atoms with Crippen LogP contribution in [0.25, 0.3) is 0 Å². The molecule has 0 saturated heterocycles. The van der Waals surface area contributed by atoms with Gasteiger partial charge in [0.1, 0.15) is 6.29 Å². The molecule has 1 nitrogen and oxygen atoms in total. The van der Waals surface area contributed by atoms with Crippen molar-refractivity contribution in [2.75, 3.05) is 0 Å². The van der Waals surface area contributed by atoms with E-state index in [-0.39, 0.29) is 0 Å². The van der Waals surface area contributed by atoms with E-state index < -0.39 is 0 Å². The van der Waals surface area contributed by atoms with Gasteiger partial charge in [0.15, 0.2) is 0 Å². The molecule has 1 atom stereocenters. The normalized spacial score (nSPS) is 12.8. The van der Waals surface area contributed by atoms with Crippen LogP contribution in [0.4, 0.5) is 0 Å². The molecule has 0 aliphatic heterocycles. The standard InChI is InChI=1S/C15H26O/c1-3-5-6-8-12-15(11-4-2)13-9-7-10-14-16/h3,9,13-15H,1,4-8,10-12H2,2H3. The van der Waals surface area contributed by atoms with E-state index in [1.807, 2.05) is 6.08 Å². The molecule has 0 heterocycles. The van der Waals surface area contributed by atoms with Crippen molar-refractivity contribution in [3.63, 3.8) is 0 Å². The molecule has 0 amide bonds. The maximum atomic E-state index is 10.2. The van der Waals surface area contributed by atoms with Crippen LogP contribution in [-0.2, 0) is 4.79 Å². The van der Waals surface area contributed by atoms with Gasteiger partial charge in [-0.3, -0.25) is 0 Å². The van der Waals surface area contributed by atoms with Crippen LogP contribution < -0.4 is 0 Å². The first-order valence-corrected chi connectivity index (χ1v) is 6.56. The van der Waals surface area contributed by atoms with E-state index in [0.717, 1.165) is 19.1 Å². The van der Waals surface area contributed by atoms with Gasteiger partial charge in [-0.2, -0.15) is 0 Å². The number of rotatable bonds is 11. The Labute approximate surface area is 101 Å². The minimum atomic E-state index is 0.659. The third-order valence-corrected chi connectivity index (χ3v) is 2.75. The molecule has 1 heteroatoms. The lowest BCUT2D eigenvalue weighted by Crippen LogP contribution is -1.96. The van der Waals surface area contributed by atoms with Crippen molar-refractivity contribution < 1.29 is 4.79 Å². The third kappa shape index (κ3) is 9.70. The molecule has 1 unspecified atom stereocenters. The highest BCUT2D eigenvalue weighted by molar-refractivity contribution is 5.49. The highest BCUT2D eigenvalue weighted by Gasteiger charge is 2.02. The lowest BCUT2D eigenvalue weighted by molar-refractivity contribution is -0.107. The Morgan fingerprint density at radius 2 is 1.94 bits per heavy atom. The Kier molecular flexibility index (Phi) is 11.6. The summed E-state index contributed by atoms with van der Waals surface area (Å²) < 4.78 is 0. The maximum Gasteiger partial charge on any atom is 0.120 e. The molecular formula is C15H26O. The van der Waals surface area contributed by atoms with Gasteiger partial charge < -0.3 is 4.79 Å². The lowest BCUT2D eigenvalue weighted by atomic mass is 9.95. The van der Waals surface area contributed by atoms with Crippen molar-refractivity contribution in [3.05, 3.63) is 24.8 Å². The van der Waals surface area contributed by atoms with E-state index in [9.17, 15) is 4.79 Å². The molecule has 0 fully saturated rings. The van der Waals surface area contributed by atoms with Crippen LogP contribution in [0.1, 0.15) is 58.3 Å². The SMILES string of the molecule is C=CCCCCC(C=CCCC=O)CCC. The molecule has 0 aromatic carbocycles. The van der Waals surface area contributed by atoms with E-state index in [1.54, 1.807) is 0 Å². The smallest absolute Gasteiger partial charge is 0.120 e. The monoisotopic (exact) mass is 222 g/mol. The zero-order chi connectivity index (χ0) is 12.1. The van der Waals surface area contributed by atoms with Crippen molar-refractivity contribution in [1.29, 1.82) is 0 Å². The fourth-order valence-electron chi connectivity index (χ4n) is 1.86. The second-order valence-corrected chi connectivity index (χ2v) is 4.29. The first-order valence-electron chi connectivity index (χ1n) is 6.56. The topological polar surface area (TPSA) is 17.1 Å². The summed E-state index contributed by atoms with van der Waals surface area (Å²) >= 11 is 0. The number of hydrogen-bond acceptors (Lipinski definition) is 1. The maximum absolute atomic E-state index is 10.2. The fourth-order valence-corrected chi connectivity index (χ4v) is 1.86. The zero-order valence-corrected chi connectivity index (χ0v) is 10.7. The van der Waals surface area contributed by atoms with Gasteiger partial charge in [-0.05, 0) is 38.0 Å².